The molecule has 0 spiro atoms. The van der Waals surface area contributed by atoms with E-state index in [1.165, 1.54) is 0 Å². The normalized spacial score (nSPS) is 7.50. The number of benzene rings is 1. The zero-order valence-electron chi connectivity index (χ0n) is 4.15. The average molecular weight is 201 g/mol. The summed E-state index contributed by atoms with van der Waals surface area (Å²) in [5.74, 6) is 0.322. The fourth-order valence-electron chi connectivity index (χ4n) is 0.428. The molecule has 0 aliphatic carbocycles. The summed E-state index contributed by atoms with van der Waals surface area (Å²) in [5.41, 5.74) is 0. The van der Waals surface area contributed by atoms with Gasteiger partial charge in [0.05, 0.1) is 0 Å². The van der Waals surface area contributed by atoms with Crippen LogP contribution in [0.5, 0.6) is 5.75 Å². The maximum atomic E-state index is 8.63. The first-order chi connectivity index (χ1) is 3.39. The molecule has 8 heavy (non-hydrogen) atoms. The van der Waals surface area contributed by atoms with E-state index in [4.69, 9.17) is 5.11 Å². The van der Waals surface area contributed by atoms with Gasteiger partial charge in [-0.25, -0.2) is 0 Å². The van der Waals surface area contributed by atoms with E-state index in [1.807, 2.05) is 6.07 Å². The maximum absolute atomic E-state index is 8.63. The second kappa shape index (κ2) is 3.66. The minimum absolute atomic E-state index is 0. The molecule has 0 saturated carbocycles. The summed E-state index contributed by atoms with van der Waals surface area (Å²) in [6, 6.07) is 8.71. The zero-order valence-corrected chi connectivity index (χ0v) is 5.70. The van der Waals surface area contributed by atoms with Gasteiger partial charge < -0.3 is 5.11 Å². The Balaban J connectivity index is 0.000000490. The van der Waals surface area contributed by atoms with Crippen LogP contribution in [0.25, 0.3) is 0 Å². The van der Waals surface area contributed by atoms with E-state index in [9.17, 15) is 0 Å². The van der Waals surface area contributed by atoms with E-state index >= 15 is 0 Å². The van der Waals surface area contributed by atoms with Crippen molar-refractivity contribution < 1.29 is 25.5 Å². The Morgan fingerprint density at radius 2 is 1.50 bits per heavy atom. The van der Waals surface area contributed by atoms with Crippen LogP contribution in [0, 0.1) is 0 Å². The third kappa shape index (κ3) is 2.11. The summed E-state index contributed by atoms with van der Waals surface area (Å²) >= 11 is 0. The van der Waals surface area contributed by atoms with Gasteiger partial charge in [-0.3, -0.25) is 0 Å². The number of phenolic OH excluding ortho intramolecular Hbond substituents is 1. The van der Waals surface area contributed by atoms with Gasteiger partial charge in [-0.2, -0.15) is 0 Å². The molecule has 0 aliphatic rings. The first-order valence-corrected chi connectivity index (χ1v) is 2.13. The molecule has 0 amide bonds. The molecular weight excluding hydrogens is 194 g/mol. The van der Waals surface area contributed by atoms with Gasteiger partial charge in [0.25, 0.3) is 0 Å². The molecule has 2 heteroatoms. The fourth-order valence-corrected chi connectivity index (χ4v) is 0.428. The van der Waals surface area contributed by atoms with Crippen LogP contribution in [0.1, 0.15) is 0 Å². The fraction of sp³-hybridized carbons (Fsp3) is 0. The van der Waals surface area contributed by atoms with Crippen molar-refractivity contribution in [2.75, 3.05) is 0 Å². The summed E-state index contributed by atoms with van der Waals surface area (Å²) in [6.45, 7) is 0. The van der Waals surface area contributed by atoms with Gasteiger partial charge in [0.2, 0.25) is 0 Å². The largest absolute Gasteiger partial charge is 0.508 e. The Morgan fingerprint density at radius 1 is 1.00 bits per heavy atom. The molecule has 0 bridgehead atoms. The summed E-state index contributed by atoms with van der Waals surface area (Å²) in [7, 11) is 0. The van der Waals surface area contributed by atoms with Crippen molar-refractivity contribution in [3.63, 3.8) is 0 Å². The predicted molar refractivity (Wildman–Crippen MR) is 28.1 cm³/mol. The van der Waals surface area contributed by atoms with Gasteiger partial charge in [-0.15, -0.1) is 0 Å². The number of para-hydroxylation sites is 1. The van der Waals surface area contributed by atoms with E-state index in [0.29, 0.717) is 5.75 Å². The van der Waals surface area contributed by atoms with Crippen molar-refractivity contribution in [3.8, 4) is 5.75 Å². The second-order valence-corrected chi connectivity index (χ2v) is 1.34. The van der Waals surface area contributed by atoms with Crippen LogP contribution in [0.15, 0.2) is 30.3 Å². The molecule has 0 unspecified atom stereocenters. The maximum Gasteiger partial charge on any atom is 0.115 e. The van der Waals surface area contributed by atoms with Crippen molar-refractivity contribution >= 4 is 0 Å². The Kier molecular flexibility index (Phi) is 3.51. The molecule has 0 radical (unpaired) electrons. The van der Waals surface area contributed by atoms with Crippen LogP contribution in [0.3, 0.4) is 0 Å². The monoisotopic (exact) mass is 200 g/mol. The summed E-state index contributed by atoms with van der Waals surface area (Å²) in [6.07, 6.45) is 0. The number of phenols is 1. The second-order valence-electron chi connectivity index (χ2n) is 1.34. The molecule has 46 valence electrons. The van der Waals surface area contributed by atoms with Crippen molar-refractivity contribution in [1.82, 2.24) is 0 Å². The third-order valence-electron chi connectivity index (χ3n) is 0.756. The Morgan fingerprint density at radius 3 is 1.75 bits per heavy atom. The number of hydrogen-bond donors (Lipinski definition) is 1. The molecule has 1 nitrogen and oxygen atoms in total. The Labute approximate surface area is 62.0 Å². The van der Waals surface area contributed by atoms with Crippen LogP contribution >= 0.6 is 0 Å². The number of rotatable bonds is 0. The Bertz CT molecular complexity index is 138. The smallest absolute Gasteiger partial charge is 0.115 e. The van der Waals surface area contributed by atoms with E-state index < -0.39 is 0 Å². The van der Waals surface area contributed by atoms with Gasteiger partial charge in [0.15, 0.2) is 0 Å². The molecule has 1 rings (SSSR count). The zero-order chi connectivity index (χ0) is 5.11. The van der Waals surface area contributed by atoms with Gasteiger partial charge in [0, 0.05) is 20.4 Å². The van der Waals surface area contributed by atoms with Gasteiger partial charge in [-0.1, -0.05) is 18.2 Å². The summed E-state index contributed by atoms with van der Waals surface area (Å²) in [5, 5.41) is 8.63. The predicted octanol–water partition coefficient (Wildman–Crippen LogP) is 1.39. The van der Waals surface area contributed by atoms with E-state index in [2.05, 4.69) is 0 Å². The molecule has 0 aliphatic heterocycles. The number of aromatic hydroxyl groups is 1. The van der Waals surface area contributed by atoms with Gasteiger partial charge in [-0.05, 0) is 12.1 Å². The molecule has 0 saturated heterocycles. The quantitative estimate of drug-likeness (QED) is 0.628. The molecule has 1 aromatic carbocycles. The van der Waals surface area contributed by atoms with Crippen molar-refractivity contribution in [2.45, 2.75) is 0 Å². The summed E-state index contributed by atoms with van der Waals surface area (Å²) in [4.78, 5) is 0. The molecule has 0 fully saturated rings. The average Bonchev–Trinajstić information content (AvgIpc) is 1.69. The molecule has 1 N–H and O–H groups in total. The van der Waals surface area contributed by atoms with Crippen LogP contribution < -0.4 is 0 Å². The van der Waals surface area contributed by atoms with Crippen molar-refractivity contribution in [1.29, 1.82) is 0 Å². The van der Waals surface area contributed by atoms with Crippen LogP contribution in [-0.4, -0.2) is 5.11 Å². The SMILES string of the molecule is Oc1ccccc1.[Pd]. The van der Waals surface area contributed by atoms with Gasteiger partial charge in [0.1, 0.15) is 5.75 Å². The molecule has 0 heterocycles. The molecule has 0 aromatic heterocycles. The first kappa shape index (κ1) is 7.68. The third-order valence-corrected chi connectivity index (χ3v) is 0.756. The minimum atomic E-state index is 0. The van der Waals surface area contributed by atoms with E-state index in [-0.39, 0.29) is 20.4 Å². The van der Waals surface area contributed by atoms with Crippen molar-refractivity contribution in [2.24, 2.45) is 0 Å². The van der Waals surface area contributed by atoms with Crippen LogP contribution in [-0.2, 0) is 20.4 Å². The van der Waals surface area contributed by atoms with E-state index in [1.54, 1.807) is 24.3 Å². The topological polar surface area (TPSA) is 20.2 Å². The van der Waals surface area contributed by atoms with Crippen LogP contribution in [0.2, 0.25) is 0 Å². The van der Waals surface area contributed by atoms with Crippen LogP contribution in [0.4, 0.5) is 0 Å². The molecule has 1 aromatic rings. The van der Waals surface area contributed by atoms with Gasteiger partial charge >= 0.3 is 0 Å². The molecule has 0 atom stereocenters. The van der Waals surface area contributed by atoms with E-state index in [0.717, 1.165) is 0 Å². The van der Waals surface area contributed by atoms with Crippen molar-refractivity contribution in [3.05, 3.63) is 30.3 Å². The first-order valence-electron chi connectivity index (χ1n) is 2.13. The summed E-state index contributed by atoms with van der Waals surface area (Å²) < 4.78 is 0. The Hall–Kier alpha value is -0.318. The minimum Gasteiger partial charge on any atom is -0.508 e. The standard InChI is InChI=1S/C6H6O.Pd/c7-6-4-2-1-3-5-6;/h1-5,7H;. The molecular formula is C6H6OPd. The number of hydrogen-bond acceptors (Lipinski definition) is 1.